The van der Waals surface area contributed by atoms with E-state index in [9.17, 15) is 0 Å². The monoisotopic (exact) mass is 223 g/mol. The second-order valence-electron chi connectivity index (χ2n) is 3.26. The highest BCUT2D eigenvalue weighted by Crippen LogP contribution is 2.13. The number of ether oxygens (including phenoxy) is 2. The number of oxime groups is 1. The van der Waals surface area contributed by atoms with E-state index in [1.807, 2.05) is 31.2 Å². The van der Waals surface area contributed by atoms with E-state index in [0.717, 1.165) is 11.3 Å². The predicted octanol–water partition coefficient (Wildman–Crippen LogP) is 2.30. The summed E-state index contributed by atoms with van der Waals surface area (Å²) in [5.41, 5.74) is 1.41. The van der Waals surface area contributed by atoms with Crippen molar-refractivity contribution < 1.29 is 14.7 Å². The molecule has 0 saturated carbocycles. The van der Waals surface area contributed by atoms with Gasteiger partial charge in [-0.25, -0.2) is 0 Å². The Hall–Kier alpha value is -1.55. The van der Waals surface area contributed by atoms with Crippen molar-refractivity contribution in [2.45, 2.75) is 13.8 Å². The first-order valence-corrected chi connectivity index (χ1v) is 5.27. The lowest BCUT2D eigenvalue weighted by molar-refractivity contribution is 0.110. The Labute approximate surface area is 95.5 Å². The lowest BCUT2D eigenvalue weighted by atomic mass is 10.1. The minimum atomic E-state index is 0.520. The first kappa shape index (κ1) is 12.5. The average molecular weight is 223 g/mol. The quantitative estimate of drug-likeness (QED) is 0.348. The van der Waals surface area contributed by atoms with Gasteiger partial charge < -0.3 is 14.7 Å². The van der Waals surface area contributed by atoms with Crippen LogP contribution < -0.4 is 4.74 Å². The van der Waals surface area contributed by atoms with Gasteiger partial charge in [-0.15, -0.1) is 0 Å². The smallest absolute Gasteiger partial charge is 0.120 e. The van der Waals surface area contributed by atoms with Gasteiger partial charge in [0.15, 0.2) is 0 Å². The summed E-state index contributed by atoms with van der Waals surface area (Å²) in [6.45, 7) is 5.47. The van der Waals surface area contributed by atoms with Gasteiger partial charge in [0, 0.05) is 12.2 Å². The fraction of sp³-hybridized carbons (Fsp3) is 0.417. The maximum atomic E-state index is 8.65. The Kier molecular flexibility index (Phi) is 5.36. The number of nitrogens with zero attached hydrogens (tertiary/aromatic N) is 1. The zero-order valence-corrected chi connectivity index (χ0v) is 9.64. The molecule has 0 spiro atoms. The molecule has 0 fully saturated rings. The highest BCUT2D eigenvalue weighted by atomic mass is 16.5. The molecule has 88 valence electrons. The molecule has 0 radical (unpaired) electrons. The van der Waals surface area contributed by atoms with Crippen LogP contribution in [0.4, 0.5) is 0 Å². The fourth-order valence-corrected chi connectivity index (χ4v) is 1.23. The van der Waals surface area contributed by atoms with E-state index in [2.05, 4.69) is 5.16 Å². The van der Waals surface area contributed by atoms with E-state index in [-0.39, 0.29) is 0 Å². The van der Waals surface area contributed by atoms with Gasteiger partial charge in [-0.05, 0) is 26.0 Å². The largest absolute Gasteiger partial charge is 0.491 e. The van der Waals surface area contributed by atoms with Crippen LogP contribution in [0.3, 0.4) is 0 Å². The van der Waals surface area contributed by atoms with Gasteiger partial charge in [0.1, 0.15) is 12.4 Å². The van der Waals surface area contributed by atoms with E-state index >= 15 is 0 Å². The van der Waals surface area contributed by atoms with Crippen molar-refractivity contribution in [3.63, 3.8) is 0 Å². The van der Waals surface area contributed by atoms with Crippen LogP contribution in [0.5, 0.6) is 5.75 Å². The van der Waals surface area contributed by atoms with Gasteiger partial charge in [0.2, 0.25) is 0 Å². The summed E-state index contributed by atoms with van der Waals surface area (Å²) in [7, 11) is 0. The van der Waals surface area contributed by atoms with E-state index in [0.29, 0.717) is 25.5 Å². The van der Waals surface area contributed by atoms with Crippen molar-refractivity contribution in [1.82, 2.24) is 0 Å². The molecule has 0 unspecified atom stereocenters. The molecule has 0 amide bonds. The number of benzene rings is 1. The Morgan fingerprint density at radius 2 is 2.19 bits per heavy atom. The molecule has 0 bridgehead atoms. The number of rotatable bonds is 6. The third kappa shape index (κ3) is 3.90. The van der Waals surface area contributed by atoms with Crippen LogP contribution >= 0.6 is 0 Å². The predicted molar refractivity (Wildman–Crippen MR) is 62.4 cm³/mol. The molecule has 0 aliphatic carbocycles. The molecule has 0 aliphatic rings. The molecular weight excluding hydrogens is 206 g/mol. The molecular formula is C12H17NO3. The van der Waals surface area contributed by atoms with Crippen molar-refractivity contribution >= 4 is 5.71 Å². The fourth-order valence-electron chi connectivity index (χ4n) is 1.23. The molecule has 1 rings (SSSR count). The van der Waals surface area contributed by atoms with Crippen LogP contribution in [0.1, 0.15) is 19.4 Å². The maximum Gasteiger partial charge on any atom is 0.120 e. The normalized spacial score (nSPS) is 11.5. The summed E-state index contributed by atoms with van der Waals surface area (Å²) in [4.78, 5) is 0. The van der Waals surface area contributed by atoms with Gasteiger partial charge in [-0.2, -0.15) is 0 Å². The highest BCUT2D eigenvalue weighted by Gasteiger charge is 2.00. The zero-order valence-electron chi connectivity index (χ0n) is 9.64. The second-order valence-corrected chi connectivity index (χ2v) is 3.26. The van der Waals surface area contributed by atoms with Gasteiger partial charge in [-0.3, -0.25) is 0 Å². The summed E-state index contributed by atoms with van der Waals surface area (Å²) in [5.74, 6) is 0.750. The minimum Gasteiger partial charge on any atom is -0.491 e. The van der Waals surface area contributed by atoms with Gasteiger partial charge in [-0.1, -0.05) is 17.3 Å². The Morgan fingerprint density at radius 1 is 1.38 bits per heavy atom. The number of hydrogen-bond acceptors (Lipinski definition) is 4. The first-order chi connectivity index (χ1) is 7.77. The molecule has 0 saturated heterocycles. The summed E-state index contributed by atoms with van der Waals surface area (Å²) >= 11 is 0. The van der Waals surface area contributed by atoms with Crippen LogP contribution in [-0.2, 0) is 4.74 Å². The van der Waals surface area contributed by atoms with Crippen LogP contribution in [-0.4, -0.2) is 30.7 Å². The summed E-state index contributed by atoms with van der Waals surface area (Å²) in [5, 5.41) is 11.8. The molecule has 16 heavy (non-hydrogen) atoms. The molecule has 1 N–H and O–H groups in total. The molecule has 0 heterocycles. The standard InChI is InChI=1S/C12H17NO3/c1-3-15-7-8-16-12-6-4-5-11(9-12)10(2)13-14/h4-6,9,14H,3,7-8H2,1-2H3/b13-10+. The Bertz CT molecular complexity index is 350. The first-order valence-electron chi connectivity index (χ1n) is 5.27. The van der Waals surface area contributed by atoms with Crippen molar-refractivity contribution in [3.8, 4) is 5.75 Å². The van der Waals surface area contributed by atoms with E-state index in [1.54, 1.807) is 6.92 Å². The Morgan fingerprint density at radius 3 is 2.88 bits per heavy atom. The third-order valence-corrected chi connectivity index (χ3v) is 2.10. The van der Waals surface area contributed by atoms with E-state index in [1.165, 1.54) is 0 Å². The molecule has 1 aromatic carbocycles. The SMILES string of the molecule is CCOCCOc1cccc(/C(C)=N/O)c1. The van der Waals surface area contributed by atoms with Gasteiger partial charge in [0.05, 0.1) is 12.3 Å². The summed E-state index contributed by atoms with van der Waals surface area (Å²) in [6.07, 6.45) is 0. The molecule has 1 aromatic rings. The molecule has 4 heteroatoms. The van der Waals surface area contributed by atoms with E-state index < -0.39 is 0 Å². The molecule has 4 nitrogen and oxygen atoms in total. The van der Waals surface area contributed by atoms with Crippen molar-refractivity contribution in [3.05, 3.63) is 29.8 Å². The van der Waals surface area contributed by atoms with Crippen LogP contribution in [0, 0.1) is 0 Å². The van der Waals surface area contributed by atoms with Crippen LogP contribution in [0.15, 0.2) is 29.4 Å². The average Bonchev–Trinajstić information content (AvgIpc) is 2.34. The highest BCUT2D eigenvalue weighted by molar-refractivity contribution is 5.98. The van der Waals surface area contributed by atoms with Crippen LogP contribution in [0.2, 0.25) is 0 Å². The van der Waals surface area contributed by atoms with E-state index in [4.69, 9.17) is 14.7 Å². The summed E-state index contributed by atoms with van der Waals surface area (Å²) < 4.78 is 10.6. The molecule has 0 atom stereocenters. The van der Waals surface area contributed by atoms with Crippen LogP contribution in [0.25, 0.3) is 0 Å². The van der Waals surface area contributed by atoms with Crippen molar-refractivity contribution in [2.75, 3.05) is 19.8 Å². The Balaban J connectivity index is 2.54. The molecule has 0 aliphatic heterocycles. The maximum absolute atomic E-state index is 8.65. The number of hydrogen-bond donors (Lipinski definition) is 1. The van der Waals surface area contributed by atoms with Crippen molar-refractivity contribution in [2.24, 2.45) is 5.16 Å². The van der Waals surface area contributed by atoms with Crippen molar-refractivity contribution in [1.29, 1.82) is 0 Å². The lowest BCUT2D eigenvalue weighted by Gasteiger charge is -2.07. The minimum absolute atomic E-state index is 0.520. The molecule has 0 aromatic heterocycles. The lowest BCUT2D eigenvalue weighted by Crippen LogP contribution is -2.06. The topological polar surface area (TPSA) is 51.0 Å². The van der Waals surface area contributed by atoms with Gasteiger partial charge in [0.25, 0.3) is 0 Å². The summed E-state index contributed by atoms with van der Waals surface area (Å²) in [6, 6.07) is 7.42. The second kappa shape index (κ2) is 6.85. The van der Waals surface area contributed by atoms with Gasteiger partial charge >= 0.3 is 0 Å². The third-order valence-electron chi connectivity index (χ3n) is 2.10. The zero-order chi connectivity index (χ0) is 11.8.